The number of rotatable bonds is 4. The lowest BCUT2D eigenvalue weighted by molar-refractivity contribution is -0.137. The van der Waals surface area contributed by atoms with Gasteiger partial charge in [0, 0.05) is 6.54 Å². The maximum Gasteiger partial charge on any atom is 0.305 e. The van der Waals surface area contributed by atoms with E-state index in [2.05, 4.69) is 0 Å². The molecule has 0 bridgehead atoms. The first-order valence-corrected chi connectivity index (χ1v) is 7.79. The second-order valence-corrected chi connectivity index (χ2v) is 6.66. The van der Waals surface area contributed by atoms with Gasteiger partial charge >= 0.3 is 5.97 Å². The standard InChI is InChI=1S/C15H15NO4S2/c1-8-5-10(6-9(2)13(8)19)7-11-14(20)16(15(21)22-11)4-3-12(17)18/h5-7,19H,3-4H2,1-2H3,(H,17,18). The van der Waals surface area contributed by atoms with E-state index in [1.165, 1.54) is 4.90 Å². The van der Waals surface area contributed by atoms with Gasteiger partial charge in [-0.05, 0) is 48.7 Å². The van der Waals surface area contributed by atoms with Crippen LogP contribution in [0.1, 0.15) is 23.1 Å². The number of nitrogens with zero attached hydrogens (tertiary/aromatic N) is 1. The fourth-order valence-corrected chi connectivity index (χ4v) is 3.43. The van der Waals surface area contributed by atoms with Crippen molar-refractivity contribution in [1.82, 2.24) is 4.90 Å². The molecule has 116 valence electrons. The number of aliphatic carboxylic acids is 1. The van der Waals surface area contributed by atoms with Gasteiger partial charge in [-0.3, -0.25) is 14.5 Å². The van der Waals surface area contributed by atoms with Crippen LogP contribution in [-0.2, 0) is 9.59 Å². The lowest BCUT2D eigenvalue weighted by Crippen LogP contribution is -2.30. The number of carbonyl (C=O) groups excluding carboxylic acids is 1. The van der Waals surface area contributed by atoms with Crippen molar-refractivity contribution in [2.45, 2.75) is 20.3 Å². The van der Waals surface area contributed by atoms with Crippen molar-refractivity contribution in [3.63, 3.8) is 0 Å². The molecule has 7 heteroatoms. The van der Waals surface area contributed by atoms with Crippen LogP contribution in [0.2, 0.25) is 0 Å². The third kappa shape index (κ3) is 3.48. The van der Waals surface area contributed by atoms with Crippen molar-refractivity contribution in [2.24, 2.45) is 0 Å². The average molecular weight is 337 g/mol. The van der Waals surface area contributed by atoms with Gasteiger partial charge in [-0.15, -0.1) is 0 Å². The summed E-state index contributed by atoms with van der Waals surface area (Å²) in [6.07, 6.45) is 1.57. The van der Waals surface area contributed by atoms with Crippen molar-refractivity contribution in [1.29, 1.82) is 0 Å². The molecular weight excluding hydrogens is 322 g/mol. The Bertz CT molecular complexity index is 674. The zero-order valence-corrected chi connectivity index (χ0v) is 13.8. The largest absolute Gasteiger partial charge is 0.507 e. The Morgan fingerprint density at radius 2 is 1.95 bits per heavy atom. The van der Waals surface area contributed by atoms with E-state index < -0.39 is 5.97 Å². The van der Waals surface area contributed by atoms with Crippen molar-refractivity contribution in [3.8, 4) is 5.75 Å². The van der Waals surface area contributed by atoms with E-state index in [1.807, 2.05) is 0 Å². The molecule has 2 N–H and O–H groups in total. The zero-order chi connectivity index (χ0) is 16.4. The van der Waals surface area contributed by atoms with Gasteiger partial charge in [0.25, 0.3) is 5.91 Å². The van der Waals surface area contributed by atoms with E-state index in [0.717, 1.165) is 28.5 Å². The van der Waals surface area contributed by atoms with Crippen LogP contribution in [0.15, 0.2) is 17.0 Å². The highest BCUT2D eigenvalue weighted by atomic mass is 32.2. The van der Waals surface area contributed by atoms with E-state index in [4.69, 9.17) is 17.3 Å². The number of thioether (sulfide) groups is 1. The summed E-state index contributed by atoms with van der Waals surface area (Å²) in [5.74, 6) is -1.01. The maximum absolute atomic E-state index is 12.3. The number of amides is 1. The number of aryl methyl sites for hydroxylation is 2. The molecular formula is C15H15NO4S2. The second kappa shape index (κ2) is 6.50. The molecule has 5 nitrogen and oxygen atoms in total. The lowest BCUT2D eigenvalue weighted by Gasteiger charge is -2.12. The summed E-state index contributed by atoms with van der Waals surface area (Å²) in [7, 11) is 0. The number of thiocarbonyl (C=S) groups is 1. The Labute approximate surface area is 137 Å². The molecule has 1 saturated heterocycles. The summed E-state index contributed by atoms with van der Waals surface area (Å²) in [6, 6.07) is 3.57. The smallest absolute Gasteiger partial charge is 0.305 e. The van der Waals surface area contributed by atoms with Gasteiger partial charge in [0.05, 0.1) is 11.3 Å². The van der Waals surface area contributed by atoms with Crippen molar-refractivity contribution >= 4 is 46.3 Å². The number of benzene rings is 1. The highest BCUT2D eigenvalue weighted by Gasteiger charge is 2.32. The van der Waals surface area contributed by atoms with Crippen LogP contribution < -0.4 is 0 Å². The number of aromatic hydroxyl groups is 1. The predicted molar refractivity (Wildman–Crippen MR) is 89.7 cm³/mol. The summed E-state index contributed by atoms with van der Waals surface area (Å²) < 4.78 is 0.365. The van der Waals surface area contributed by atoms with Crippen molar-refractivity contribution in [3.05, 3.63) is 33.7 Å². The van der Waals surface area contributed by atoms with Gasteiger partial charge in [0.1, 0.15) is 10.1 Å². The molecule has 0 atom stereocenters. The molecule has 0 unspecified atom stereocenters. The first kappa shape index (κ1) is 16.5. The fourth-order valence-electron chi connectivity index (χ4n) is 2.12. The molecule has 1 amide bonds. The van der Waals surface area contributed by atoms with Crippen LogP contribution in [0.4, 0.5) is 0 Å². The molecule has 1 fully saturated rings. The van der Waals surface area contributed by atoms with E-state index in [1.54, 1.807) is 32.1 Å². The third-order valence-corrected chi connectivity index (χ3v) is 4.61. The third-order valence-electron chi connectivity index (χ3n) is 3.23. The Kier molecular flexibility index (Phi) is 4.87. The number of hydrogen-bond donors (Lipinski definition) is 2. The minimum absolute atomic E-state index is 0.0744. The number of carboxylic acid groups (broad SMARTS) is 1. The molecule has 1 aliphatic heterocycles. The topological polar surface area (TPSA) is 77.8 Å². The average Bonchev–Trinajstić information content (AvgIpc) is 2.68. The van der Waals surface area contributed by atoms with Gasteiger partial charge < -0.3 is 10.2 Å². The van der Waals surface area contributed by atoms with Gasteiger partial charge in [0.2, 0.25) is 0 Å². The van der Waals surface area contributed by atoms with E-state index in [-0.39, 0.29) is 24.6 Å². The molecule has 0 aromatic heterocycles. The number of hydrogen-bond acceptors (Lipinski definition) is 5. The second-order valence-electron chi connectivity index (χ2n) is 4.98. The summed E-state index contributed by atoms with van der Waals surface area (Å²) in [5.41, 5.74) is 2.26. The predicted octanol–water partition coefficient (Wildman–Crippen LogP) is 2.68. The molecule has 0 aliphatic carbocycles. The number of carboxylic acids is 1. The molecule has 22 heavy (non-hydrogen) atoms. The molecule has 0 radical (unpaired) electrons. The van der Waals surface area contributed by atoms with Crippen molar-refractivity contribution in [2.75, 3.05) is 6.54 Å². The van der Waals surface area contributed by atoms with Crippen LogP contribution >= 0.6 is 24.0 Å². The first-order valence-electron chi connectivity index (χ1n) is 6.57. The normalized spacial score (nSPS) is 16.6. The lowest BCUT2D eigenvalue weighted by atomic mass is 10.1. The Hall–Kier alpha value is -1.86. The zero-order valence-electron chi connectivity index (χ0n) is 12.1. The van der Waals surface area contributed by atoms with Gasteiger partial charge in [-0.1, -0.05) is 24.0 Å². The molecule has 2 rings (SSSR count). The monoisotopic (exact) mass is 337 g/mol. The van der Waals surface area contributed by atoms with Gasteiger partial charge in [-0.2, -0.15) is 0 Å². The van der Waals surface area contributed by atoms with Crippen LogP contribution in [-0.4, -0.2) is 37.9 Å². The molecule has 1 aromatic rings. The molecule has 1 aliphatic rings. The van der Waals surface area contributed by atoms with Crippen LogP contribution in [0.25, 0.3) is 6.08 Å². The minimum atomic E-state index is -0.970. The SMILES string of the molecule is Cc1cc(C=C2SC(=S)N(CCC(=O)O)C2=O)cc(C)c1O. The van der Waals surface area contributed by atoms with Crippen molar-refractivity contribution < 1.29 is 19.8 Å². The molecule has 0 saturated carbocycles. The van der Waals surface area contributed by atoms with Gasteiger partial charge in [-0.25, -0.2) is 0 Å². The van der Waals surface area contributed by atoms with Gasteiger partial charge in [0.15, 0.2) is 0 Å². The minimum Gasteiger partial charge on any atom is -0.507 e. The van der Waals surface area contributed by atoms with E-state index in [9.17, 15) is 14.7 Å². The van der Waals surface area contributed by atoms with Crippen LogP contribution in [0, 0.1) is 13.8 Å². The van der Waals surface area contributed by atoms with E-state index >= 15 is 0 Å². The molecule has 0 spiro atoms. The number of phenols is 1. The quantitative estimate of drug-likeness (QED) is 0.650. The Balaban J connectivity index is 2.25. The van der Waals surface area contributed by atoms with E-state index in [0.29, 0.717) is 9.23 Å². The summed E-state index contributed by atoms with van der Waals surface area (Å²) in [4.78, 5) is 24.7. The number of carbonyl (C=O) groups is 2. The Morgan fingerprint density at radius 1 is 1.36 bits per heavy atom. The maximum atomic E-state index is 12.3. The first-order chi connectivity index (χ1) is 10.3. The van der Waals surface area contributed by atoms with Crippen LogP contribution in [0.5, 0.6) is 5.75 Å². The van der Waals surface area contributed by atoms with Crippen LogP contribution in [0.3, 0.4) is 0 Å². The fraction of sp³-hybridized carbons (Fsp3) is 0.267. The Morgan fingerprint density at radius 3 is 2.50 bits per heavy atom. The number of phenolic OH excluding ortho intramolecular Hbond substituents is 1. The highest BCUT2D eigenvalue weighted by Crippen LogP contribution is 2.33. The summed E-state index contributed by atoms with van der Waals surface area (Å²) in [5, 5.41) is 18.5. The summed E-state index contributed by atoms with van der Waals surface area (Å²) >= 11 is 6.29. The molecule has 1 heterocycles. The highest BCUT2D eigenvalue weighted by molar-refractivity contribution is 8.26. The summed E-state index contributed by atoms with van der Waals surface area (Å²) in [6.45, 7) is 3.65. The molecule has 1 aromatic carbocycles.